The van der Waals surface area contributed by atoms with Crippen LogP contribution < -0.4 is 9.46 Å². The fourth-order valence-electron chi connectivity index (χ4n) is 2.62. The summed E-state index contributed by atoms with van der Waals surface area (Å²) in [6, 6.07) is 7.32. The second-order valence-corrected chi connectivity index (χ2v) is 9.14. The predicted octanol–water partition coefficient (Wildman–Crippen LogP) is 4.30. The molecule has 0 amide bonds. The molecule has 1 aromatic rings. The molecule has 2 atom stereocenters. The van der Waals surface area contributed by atoms with E-state index in [2.05, 4.69) is 25.5 Å². The second-order valence-electron chi connectivity index (χ2n) is 7.27. The van der Waals surface area contributed by atoms with Crippen molar-refractivity contribution < 1.29 is 17.9 Å². The van der Waals surface area contributed by atoms with Crippen molar-refractivity contribution >= 4 is 10.0 Å². The number of sulfonamides is 1. The molecule has 0 spiro atoms. The first-order valence-corrected chi connectivity index (χ1v) is 11.2. The SMILES string of the molecule is CCC[C@H](C)Oc1cccc([C@@H](C)NS(=O)(=O)CCCOCC(C)C)c1. The van der Waals surface area contributed by atoms with E-state index < -0.39 is 10.0 Å². The van der Waals surface area contributed by atoms with Crippen LogP contribution in [0.3, 0.4) is 0 Å². The van der Waals surface area contributed by atoms with E-state index >= 15 is 0 Å². The van der Waals surface area contributed by atoms with E-state index in [9.17, 15) is 8.42 Å². The van der Waals surface area contributed by atoms with Crippen LogP contribution in [0.15, 0.2) is 24.3 Å². The van der Waals surface area contributed by atoms with E-state index in [1.165, 1.54) is 0 Å². The van der Waals surface area contributed by atoms with Crippen LogP contribution >= 0.6 is 0 Å². The van der Waals surface area contributed by atoms with Gasteiger partial charge in [-0.3, -0.25) is 0 Å². The van der Waals surface area contributed by atoms with Crippen LogP contribution in [0.5, 0.6) is 5.75 Å². The Morgan fingerprint density at radius 3 is 2.54 bits per heavy atom. The summed E-state index contributed by atoms with van der Waals surface area (Å²) in [5.74, 6) is 1.30. The first-order valence-electron chi connectivity index (χ1n) is 9.58. The Morgan fingerprint density at radius 1 is 1.15 bits per heavy atom. The average Bonchev–Trinajstić information content (AvgIpc) is 2.54. The Balaban J connectivity index is 2.53. The van der Waals surface area contributed by atoms with Crippen LogP contribution in [0.1, 0.15) is 65.5 Å². The molecule has 0 aliphatic heterocycles. The van der Waals surface area contributed by atoms with Crippen molar-refractivity contribution in [2.75, 3.05) is 19.0 Å². The minimum absolute atomic E-state index is 0.0686. The molecule has 0 radical (unpaired) electrons. The maximum absolute atomic E-state index is 12.3. The fourth-order valence-corrected chi connectivity index (χ4v) is 3.91. The average molecular weight is 386 g/mol. The molecule has 1 aromatic carbocycles. The normalized spacial score (nSPS) is 14.4. The summed E-state index contributed by atoms with van der Waals surface area (Å²) in [6.45, 7) is 11.3. The smallest absolute Gasteiger partial charge is 0.212 e. The molecular formula is C20H35NO4S. The van der Waals surface area contributed by atoms with Crippen molar-refractivity contribution in [2.45, 2.75) is 66.0 Å². The molecule has 0 saturated carbocycles. The van der Waals surface area contributed by atoms with E-state index in [0.29, 0.717) is 25.6 Å². The molecule has 150 valence electrons. The van der Waals surface area contributed by atoms with Gasteiger partial charge in [-0.15, -0.1) is 0 Å². The number of hydrogen-bond acceptors (Lipinski definition) is 4. The monoisotopic (exact) mass is 385 g/mol. The van der Waals surface area contributed by atoms with Crippen LogP contribution in [0.2, 0.25) is 0 Å². The fraction of sp³-hybridized carbons (Fsp3) is 0.700. The van der Waals surface area contributed by atoms with Crippen LogP contribution in [-0.4, -0.2) is 33.5 Å². The number of nitrogens with one attached hydrogen (secondary N) is 1. The lowest BCUT2D eigenvalue weighted by atomic mass is 10.1. The lowest BCUT2D eigenvalue weighted by Crippen LogP contribution is -2.29. The highest BCUT2D eigenvalue weighted by Gasteiger charge is 2.16. The first-order chi connectivity index (χ1) is 12.2. The van der Waals surface area contributed by atoms with Crippen LogP contribution in [0, 0.1) is 5.92 Å². The highest BCUT2D eigenvalue weighted by molar-refractivity contribution is 7.89. The molecule has 0 fully saturated rings. The van der Waals surface area contributed by atoms with Crippen LogP contribution in [0.25, 0.3) is 0 Å². The van der Waals surface area contributed by atoms with Gasteiger partial charge in [-0.25, -0.2) is 13.1 Å². The molecule has 6 heteroatoms. The number of ether oxygens (including phenoxy) is 2. The Hall–Kier alpha value is -1.11. The molecule has 1 rings (SSSR count). The third-order valence-corrected chi connectivity index (χ3v) is 5.44. The maximum atomic E-state index is 12.3. The summed E-state index contributed by atoms with van der Waals surface area (Å²) >= 11 is 0. The molecular weight excluding hydrogens is 350 g/mol. The van der Waals surface area contributed by atoms with Gasteiger partial charge >= 0.3 is 0 Å². The second kappa shape index (κ2) is 11.6. The number of benzene rings is 1. The molecule has 0 unspecified atom stereocenters. The zero-order valence-corrected chi connectivity index (χ0v) is 17.6. The number of hydrogen-bond donors (Lipinski definition) is 1. The van der Waals surface area contributed by atoms with E-state index in [1.54, 1.807) is 0 Å². The summed E-state index contributed by atoms with van der Waals surface area (Å²) in [5, 5.41) is 0. The Morgan fingerprint density at radius 2 is 1.88 bits per heavy atom. The minimum Gasteiger partial charge on any atom is -0.491 e. The summed E-state index contributed by atoms with van der Waals surface area (Å²) in [6.07, 6.45) is 2.70. The van der Waals surface area contributed by atoms with Crippen molar-refractivity contribution in [1.82, 2.24) is 4.72 Å². The first kappa shape index (κ1) is 22.9. The van der Waals surface area contributed by atoms with Gasteiger partial charge < -0.3 is 9.47 Å². The third kappa shape index (κ3) is 9.55. The zero-order chi connectivity index (χ0) is 19.6. The van der Waals surface area contributed by atoms with Crippen molar-refractivity contribution in [3.8, 4) is 5.75 Å². The summed E-state index contributed by atoms with van der Waals surface area (Å²) in [4.78, 5) is 0. The van der Waals surface area contributed by atoms with Gasteiger partial charge in [0, 0.05) is 19.3 Å². The predicted molar refractivity (Wildman–Crippen MR) is 107 cm³/mol. The van der Waals surface area contributed by atoms with E-state index in [-0.39, 0.29) is 17.9 Å². The maximum Gasteiger partial charge on any atom is 0.212 e. The lowest BCUT2D eigenvalue weighted by Gasteiger charge is -2.18. The Bertz CT molecular complexity index is 616. The highest BCUT2D eigenvalue weighted by Crippen LogP contribution is 2.21. The minimum atomic E-state index is -3.35. The van der Waals surface area contributed by atoms with Gasteiger partial charge in [0.05, 0.1) is 11.9 Å². The largest absolute Gasteiger partial charge is 0.491 e. The lowest BCUT2D eigenvalue weighted by molar-refractivity contribution is 0.111. The zero-order valence-electron chi connectivity index (χ0n) is 16.8. The third-order valence-electron chi connectivity index (χ3n) is 3.90. The summed E-state index contributed by atoms with van der Waals surface area (Å²) in [7, 11) is -3.35. The van der Waals surface area contributed by atoms with Gasteiger partial charge in [-0.2, -0.15) is 0 Å². The number of rotatable bonds is 13. The summed E-state index contributed by atoms with van der Waals surface area (Å²) < 4.78 is 38.6. The molecule has 0 bridgehead atoms. The molecule has 0 saturated heterocycles. The standard InChI is InChI=1S/C20H35NO4S/c1-6-9-17(4)25-20-11-7-10-19(14-20)18(5)21-26(22,23)13-8-12-24-15-16(2)3/h7,10-11,14,16-18,21H,6,8-9,12-13,15H2,1-5H3/t17-,18+/m0/s1. The highest BCUT2D eigenvalue weighted by atomic mass is 32.2. The molecule has 0 aliphatic rings. The summed E-state index contributed by atoms with van der Waals surface area (Å²) in [5.41, 5.74) is 0.894. The van der Waals surface area contributed by atoms with Gasteiger partial charge in [0.1, 0.15) is 5.75 Å². The quantitative estimate of drug-likeness (QED) is 0.514. The van der Waals surface area contributed by atoms with Gasteiger partial charge in [0.25, 0.3) is 0 Å². The van der Waals surface area contributed by atoms with E-state index in [4.69, 9.17) is 9.47 Å². The van der Waals surface area contributed by atoms with Crippen LogP contribution in [-0.2, 0) is 14.8 Å². The molecule has 0 heterocycles. The molecule has 5 nitrogen and oxygen atoms in total. The topological polar surface area (TPSA) is 64.6 Å². The van der Waals surface area contributed by atoms with E-state index in [1.807, 2.05) is 38.1 Å². The van der Waals surface area contributed by atoms with Crippen molar-refractivity contribution in [1.29, 1.82) is 0 Å². The van der Waals surface area contributed by atoms with Gasteiger partial charge in [0.15, 0.2) is 0 Å². The van der Waals surface area contributed by atoms with Gasteiger partial charge in [0.2, 0.25) is 10.0 Å². The van der Waals surface area contributed by atoms with Crippen molar-refractivity contribution in [3.63, 3.8) is 0 Å². The Labute approximate surface area is 159 Å². The molecule has 1 N–H and O–H groups in total. The molecule has 0 aliphatic carbocycles. The van der Waals surface area contributed by atoms with Gasteiger partial charge in [-0.05, 0) is 50.3 Å². The van der Waals surface area contributed by atoms with Crippen LogP contribution in [0.4, 0.5) is 0 Å². The van der Waals surface area contributed by atoms with E-state index in [0.717, 1.165) is 24.2 Å². The van der Waals surface area contributed by atoms with Crippen molar-refractivity contribution in [3.05, 3.63) is 29.8 Å². The molecule has 0 aromatic heterocycles. The van der Waals surface area contributed by atoms with Gasteiger partial charge in [-0.1, -0.05) is 39.3 Å². The van der Waals surface area contributed by atoms with Crippen molar-refractivity contribution in [2.24, 2.45) is 5.92 Å². The molecule has 26 heavy (non-hydrogen) atoms. The Kier molecular flexibility index (Phi) is 10.2.